The lowest BCUT2D eigenvalue weighted by molar-refractivity contribution is 0.0953. The van der Waals surface area contributed by atoms with Crippen LogP contribution in [0.25, 0.3) is 5.69 Å². The highest BCUT2D eigenvalue weighted by Gasteiger charge is 2.16. The van der Waals surface area contributed by atoms with Gasteiger partial charge in [-0.25, -0.2) is 5.84 Å². The van der Waals surface area contributed by atoms with Gasteiger partial charge in [-0.05, 0) is 50.6 Å². The second kappa shape index (κ2) is 5.07. The fourth-order valence-corrected chi connectivity index (χ4v) is 2.54. The van der Waals surface area contributed by atoms with E-state index in [-0.39, 0.29) is 5.91 Å². The maximum absolute atomic E-state index is 11.7. The van der Waals surface area contributed by atoms with Gasteiger partial charge in [0.2, 0.25) is 0 Å². The van der Waals surface area contributed by atoms with Gasteiger partial charge in [-0.15, -0.1) is 0 Å². The molecule has 19 heavy (non-hydrogen) atoms. The van der Waals surface area contributed by atoms with Gasteiger partial charge in [-0.3, -0.25) is 10.2 Å². The minimum atomic E-state index is -0.286. The number of benzene rings is 1. The van der Waals surface area contributed by atoms with Gasteiger partial charge in [-0.2, -0.15) is 0 Å². The van der Waals surface area contributed by atoms with E-state index >= 15 is 0 Å². The van der Waals surface area contributed by atoms with Crippen LogP contribution in [0, 0.1) is 20.8 Å². The number of hydrazine groups is 1. The van der Waals surface area contributed by atoms with E-state index in [4.69, 9.17) is 17.4 Å². The third-order valence-electron chi connectivity index (χ3n) is 3.21. The molecule has 1 aromatic heterocycles. The standard InChI is InChI=1S/C14H16ClN3O/c1-8-6-11(15)4-5-13(8)18-9(2)7-12(10(18)3)14(19)17-16/h4-7H,16H2,1-3H3,(H,17,19). The molecule has 0 bridgehead atoms. The first-order valence-electron chi connectivity index (χ1n) is 5.92. The first kappa shape index (κ1) is 13.6. The van der Waals surface area contributed by atoms with E-state index in [1.807, 2.05) is 49.6 Å². The van der Waals surface area contributed by atoms with Crippen molar-refractivity contribution in [3.8, 4) is 5.69 Å². The Morgan fingerprint density at radius 2 is 1.95 bits per heavy atom. The third-order valence-corrected chi connectivity index (χ3v) is 3.44. The lowest BCUT2D eigenvalue weighted by Crippen LogP contribution is -2.30. The lowest BCUT2D eigenvalue weighted by atomic mass is 10.2. The zero-order valence-corrected chi connectivity index (χ0v) is 11.9. The van der Waals surface area contributed by atoms with Gasteiger partial charge in [0, 0.05) is 22.1 Å². The van der Waals surface area contributed by atoms with E-state index < -0.39 is 0 Å². The number of halogens is 1. The van der Waals surface area contributed by atoms with E-state index in [1.165, 1.54) is 0 Å². The van der Waals surface area contributed by atoms with E-state index in [1.54, 1.807) is 0 Å². The predicted octanol–water partition coefficient (Wildman–Crippen LogP) is 2.66. The second-order valence-electron chi connectivity index (χ2n) is 4.52. The number of aromatic nitrogens is 1. The molecule has 1 aromatic carbocycles. The van der Waals surface area contributed by atoms with Crippen LogP contribution in [0.3, 0.4) is 0 Å². The number of rotatable bonds is 2. The van der Waals surface area contributed by atoms with Crippen molar-refractivity contribution in [1.29, 1.82) is 0 Å². The number of carbonyl (C=O) groups excluding carboxylic acids is 1. The van der Waals surface area contributed by atoms with Gasteiger partial charge >= 0.3 is 0 Å². The highest BCUT2D eigenvalue weighted by Crippen LogP contribution is 2.25. The number of nitrogens with one attached hydrogen (secondary N) is 1. The summed E-state index contributed by atoms with van der Waals surface area (Å²) in [5.74, 6) is 4.91. The fourth-order valence-electron chi connectivity index (χ4n) is 2.31. The number of amides is 1. The Balaban J connectivity index is 2.63. The Hall–Kier alpha value is -1.78. The molecule has 0 atom stereocenters. The smallest absolute Gasteiger partial charge is 0.267 e. The van der Waals surface area contributed by atoms with Crippen LogP contribution in [0.4, 0.5) is 0 Å². The maximum atomic E-state index is 11.7. The molecule has 1 heterocycles. The molecule has 0 radical (unpaired) electrons. The van der Waals surface area contributed by atoms with Crippen molar-refractivity contribution < 1.29 is 4.79 Å². The van der Waals surface area contributed by atoms with Crippen LogP contribution in [0.1, 0.15) is 27.3 Å². The average Bonchev–Trinajstić information content (AvgIpc) is 2.65. The third kappa shape index (κ3) is 2.37. The molecule has 0 saturated heterocycles. The predicted molar refractivity (Wildman–Crippen MR) is 76.6 cm³/mol. The van der Waals surface area contributed by atoms with Crippen LogP contribution in [-0.2, 0) is 0 Å². The number of hydrogen-bond acceptors (Lipinski definition) is 2. The Morgan fingerprint density at radius 1 is 1.26 bits per heavy atom. The van der Waals surface area contributed by atoms with Gasteiger partial charge in [0.25, 0.3) is 5.91 Å². The molecule has 4 nitrogen and oxygen atoms in total. The molecule has 0 saturated carbocycles. The summed E-state index contributed by atoms with van der Waals surface area (Å²) in [5.41, 5.74) is 6.63. The highest BCUT2D eigenvalue weighted by atomic mass is 35.5. The van der Waals surface area contributed by atoms with Gasteiger partial charge in [0.1, 0.15) is 0 Å². The summed E-state index contributed by atoms with van der Waals surface area (Å²) in [6, 6.07) is 7.51. The molecular weight excluding hydrogens is 262 g/mol. The minimum absolute atomic E-state index is 0.286. The van der Waals surface area contributed by atoms with E-state index in [9.17, 15) is 4.79 Å². The Bertz CT molecular complexity index is 646. The molecule has 2 aromatic rings. The summed E-state index contributed by atoms with van der Waals surface area (Å²) >= 11 is 5.97. The van der Waals surface area contributed by atoms with E-state index in [2.05, 4.69) is 5.43 Å². The average molecular weight is 278 g/mol. The molecule has 0 fully saturated rings. The molecular formula is C14H16ClN3O. The molecule has 1 amide bonds. The first-order chi connectivity index (χ1) is 8.95. The molecule has 100 valence electrons. The Morgan fingerprint density at radius 3 is 2.53 bits per heavy atom. The topological polar surface area (TPSA) is 60.0 Å². The van der Waals surface area contributed by atoms with Crippen LogP contribution < -0.4 is 11.3 Å². The van der Waals surface area contributed by atoms with Gasteiger partial charge in [0.15, 0.2) is 0 Å². The quantitative estimate of drug-likeness (QED) is 0.504. The SMILES string of the molecule is Cc1cc(Cl)ccc1-n1c(C)cc(C(=O)NN)c1C. The molecule has 0 aliphatic rings. The highest BCUT2D eigenvalue weighted by molar-refractivity contribution is 6.30. The van der Waals surface area contributed by atoms with Crippen molar-refractivity contribution in [3.63, 3.8) is 0 Å². The normalized spacial score (nSPS) is 10.6. The largest absolute Gasteiger partial charge is 0.317 e. The van der Waals surface area contributed by atoms with Crippen LogP contribution >= 0.6 is 11.6 Å². The molecule has 2 rings (SSSR count). The zero-order valence-electron chi connectivity index (χ0n) is 11.1. The van der Waals surface area contributed by atoms with E-state index in [0.29, 0.717) is 10.6 Å². The Labute approximate surface area is 117 Å². The first-order valence-corrected chi connectivity index (χ1v) is 6.30. The number of nitrogens with two attached hydrogens (primary N) is 1. The molecule has 3 N–H and O–H groups in total. The van der Waals surface area contributed by atoms with Crippen molar-refractivity contribution in [3.05, 3.63) is 51.8 Å². The summed E-state index contributed by atoms with van der Waals surface area (Å²) < 4.78 is 2.02. The summed E-state index contributed by atoms with van der Waals surface area (Å²) in [6.07, 6.45) is 0. The van der Waals surface area contributed by atoms with E-state index in [0.717, 1.165) is 22.6 Å². The number of hydrogen-bond donors (Lipinski definition) is 2. The van der Waals surface area contributed by atoms with Gasteiger partial charge < -0.3 is 4.57 Å². The van der Waals surface area contributed by atoms with Crippen molar-refractivity contribution in [2.75, 3.05) is 0 Å². The van der Waals surface area contributed by atoms with Crippen LogP contribution in [0.15, 0.2) is 24.3 Å². The molecule has 0 unspecified atom stereocenters. The second-order valence-corrected chi connectivity index (χ2v) is 4.96. The lowest BCUT2D eigenvalue weighted by Gasteiger charge is -2.13. The fraction of sp³-hybridized carbons (Fsp3) is 0.214. The van der Waals surface area contributed by atoms with Crippen LogP contribution in [-0.4, -0.2) is 10.5 Å². The van der Waals surface area contributed by atoms with Crippen molar-refractivity contribution in [2.45, 2.75) is 20.8 Å². The zero-order chi connectivity index (χ0) is 14.2. The van der Waals surface area contributed by atoms with Gasteiger partial charge in [0.05, 0.1) is 5.56 Å². The van der Waals surface area contributed by atoms with Gasteiger partial charge in [-0.1, -0.05) is 11.6 Å². The van der Waals surface area contributed by atoms with Crippen molar-refractivity contribution in [1.82, 2.24) is 9.99 Å². The Kier molecular flexibility index (Phi) is 3.64. The summed E-state index contributed by atoms with van der Waals surface area (Å²) in [5, 5.41) is 0.698. The van der Waals surface area contributed by atoms with Crippen LogP contribution in [0.5, 0.6) is 0 Å². The number of aryl methyl sites for hydroxylation is 2. The summed E-state index contributed by atoms with van der Waals surface area (Å²) in [7, 11) is 0. The molecule has 5 heteroatoms. The number of nitrogen functional groups attached to an aromatic ring is 1. The molecule has 0 aliphatic heterocycles. The summed E-state index contributed by atoms with van der Waals surface area (Å²) in [4.78, 5) is 11.7. The monoisotopic (exact) mass is 277 g/mol. The van der Waals surface area contributed by atoms with Crippen molar-refractivity contribution >= 4 is 17.5 Å². The maximum Gasteiger partial charge on any atom is 0.267 e. The number of nitrogens with zero attached hydrogens (tertiary/aromatic N) is 1. The molecule has 0 aliphatic carbocycles. The summed E-state index contributed by atoms with van der Waals surface area (Å²) in [6.45, 7) is 5.84. The minimum Gasteiger partial charge on any atom is -0.317 e. The number of carbonyl (C=O) groups is 1. The van der Waals surface area contributed by atoms with Crippen molar-refractivity contribution in [2.24, 2.45) is 5.84 Å². The molecule has 0 spiro atoms. The van der Waals surface area contributed by atoms with Crippen LogP contribution in [0.2, 0.25) is 5.02 Å².